The summed E-state index contributed by atoms with van der Waals surface area (Å²) in [4.78, 5) is 21.8. The number of nitrogens with one attached hydrogen (secondary N) is 1. The topological polar surface area (TPSA) is 73.3 Å². The number of methoxy groups -OCH3 is 2. The zero-order valence-corrected chi connectivity index (χ0v) is 15.4. The standard InChI is InChI=1S/C19H16FN3O3S/c1-25-16-11-17(26-2)23-19(22-16)27-15-6-4-3-5-14(15)18(24)21-13-9-7-12(20)8-10-13/h3-11H,1-2H3,(H,21,24). The number of anilines is 1. The average molecular weight is 385 g/mol. The quantitative estimate of drug-likeness (QED) is 0.646. The van der Waals surface area contributed by atoms with Crippen LogP contribution in [0, 0.1) is 5.82 Å². The normalized spacial score (nSPS) is 10.3. The van der Waals surface area contributed by atoms with Crippen molar-refractivity contribution >= 4 is 23.4 Å². The predicted molar refractivity (Wildman–Crippen MR) is 100 cm³/mol. The lowest BCUT2D eigenvalue weighted by Gasteiger charge is -2.10. The maximum Gasteiger partial charge on any atom is 0.256 e. The highest BCUT2D eigenvalue weighted by Gasteiger charge is 2.15. The van der Waals surface area contributed by atoms with Crippen molar-refractivity contribution in [2.45, 2.75) is 10.1 Å². The van der Waals surface area contributed by atoms with Crippen LogP contribution < -0.4 is 14.8 Å². The SMILES string of the molecule is COc1cc(OC)nc(Sc2ccccc2C(=O)Nc2ccc(F)cc2)n1. The number of amides is 1. The van der Waals surface area contributed by atoms with Gasteiger partial charge in [-0.25, -0.2) is 4.39 Å². The highest BCUT2D eigenvalue weighted by Crippen LogP contribution is 2.31. The van der Waals surface area contributed by atoms with Gasteiger partial charge in [0, 0.05) is 10.6 Å². The Morgan fingerprint density at radius 1 is 1.00 bits per heavy atom. The minimum Gasteiger partial charge on any atom is -0.481 e. The Balaban J connectivity index is 1.85. The first-order chi connectivity index (χ1) is 13.1. The first kappa shape index (κ1) is 18.7. The van der Waals surface area contributed by atoms with Crippen molar-refractivity contribution in [1.29, 1.82) is 0 Å². The molecule has 1 heterocycles. The van der Waals surface area contributed by atoms with Crippen LogP contribution in [0.25, 0.3) is 0 Å². The number of carbonyl (C=O) groups excluding carboxylic acids is 1. The van der Waals surface area contributed by atoms with Gasteiger partial charge >= 0.3 is 0 Å². The van der Waals surface area contributed by atoms with E-state index in [2.05, 4.69) is 15.3 Å². The molecule has 0 saturated carbocycles. The van der Waals surface area contributed by atoms with E-state index in [0.717, 1.165) is 0 Å². The van der Waals surface area contributed by atoms with Crippen molar-refractivity contribution in [3.8, 4) is 11.8 Å². The van der Waals surface area contributed by atoms with Gasteiger partial charge in [-0.2, -0.15) is 9.97 Å². The predicted octanol–water partition coefficient (Wildman–Crippen LogP) is 4.04. The molecule has 6 nitrogen and oxygen atoms in total. The van der Waals surface area contributed by atoms with Crippen LogP contribution in [0.5, 0.6) is 11.8 Å². The number of benzene rings is 2. The molecule has 1 amide bonds. The van der Waals surface area contributed by atoms with E-state index in [1.54, 1.807) is 24.3 Å². The first-order valence-electron chi connectivity index (χ1n) is 7.90. The van der Waals surface area contributed by atoms with Crippen LogP contribution in [0.4, 0.5) is 10.1 Å². The Kier molecular flexibility index (Phi) is 5.87. The molecule has 0 spiro atoms. The molecule has 0 fully saturated rings. The number of aromatic nitrogens is 2. The molecule has 0 aliphatic rings. The van der Waals surface area contributed by atoms with Crippen LogP contribution in [0.1, 0.15) is 10.4 Å². The van der Waals surface area contributed by atoms with Gasteiger partial charge in [-0.05, 0) is 48.2 Å². The van der Waals surface area contributed by atoms with Gasteiger partial charge in [-0.15, -0.1) is 0 Å². The lowest BCUT2D eigenvalue weighted by Crippen LogP contribution is -2.13. The monoisotopic (exact) mass is 385 g/mol. The van der Waals surface area contributed by atoms with Gasteiger partial charge in [-0.3, -0.25) is 4.79 Å². The second kappa shape index (κ2) is 8.50. The summed E-state index contributed by atoms with van der Waals surface area (Å²) in [7, 11) is 3.00. The molecule has 1 aromatic heterocycles. The summed E-state index contributed by atoms with van der Waals surface area (Å²) in [6.07, 6.45) is 0. The fourth-order valence-electron chi connectivity index (χ4n) is 2.21. The lowest BCUT2D eigenvalue weighted by molar-refractivity contribution is 0.102. The van der Waals surface area contributed by atoms with Gasteiger partial charge in [0.05, 0.1) is 25.8 Å². The number of nitrogens with zero attached hydrogens (tertiary/aromatic N) is 2. The van der Waals surface area contributed by atoms with Crippen molar-refractivity contribution in [2.75, 3.05) is 19.5 Å². The molecule has 1 N–H and O–H groups in total. The second-order valence-corrected chi connectivity index (χ2v) is 6.30. The Hall–Kier alpha value is -3.13. The van der Waals surface area contributed by atoms with Crippen molar-refractivity contribution in [3.63, 3.8) is 0 Å². The molecule has 138 valence electrons. The van der Waals surface area contributed by atoms with E-state index >= 15 is 0 Å². The zero-order valence-electron chi connectivity index (χ0n) is 14.6. The minimum atomic E-state index is -0.368. The van der Waals surface area contributed by atoms with Crippen LogP contribution >= 0.6 is 11.8 Å². The number of hydrogen-bond acceptors (Lipinski definition) is 6. The van der Waals surface area contributed by atoms with E-state index in [1.807, 2.05) is 6.07 Å². The maximum absolute atomic E-state index is 13.0. The molecule has 27 heavy (non-hydrogen) atoms. The molecule has 0 aliphatic carbocycles. The Labute approximate surface area is 159 Å². The van der Waals surface area contributed by atoms with Gasteiger partial charge < -0.3 is 14.8 Å². The summed E-state index contributed by atoms with van der Waals surface area (Å²) in [6, 6.07) is 14.2. The third-order valence-corrected chi connectivity index (χ3v) is 4.45. The Morgan fingerprint density at radius 2 is 1.63 bits per heavy atom. The van der Waals surface area contributed by atoms with Gasteiger partial charge in [0.25, 0.3) is 5.91 Å². The number of hydrogen-bond donors (Lipinski definition) is 1. The van der Waals surface area contributed by atoms with Crippen molar-refractivity contribution < 1.29 is 18.7 Å². The molecule has 8 heteroatoms. The second-order valence-electron chi connectivity index (χ2n) is 5.29. The molecule has 0 radical (unpaired) electrons. The maximum atomic E-state index is 13.0. The van der Waals surface area contributed by atoms with E-state index in [9.17, 15) is 9.18 Å². The number of ether oxygens (including phenoxy) is 2. The molecule has 3 aromatic rings. The molecule has 2 aromatic carbocycles. The summed E-state index contributed by atoms with van der Waals surface area (Å²) < 4.78 is 23.3. The summed E-state index contributed by atoms with van der Waals surface area (Å²) in [5.74, 6) is 0.0304. The summed E-state index contributed by atoms with van der Waals surface area (Å²) in [6.45, 7) is 0. The highest BCUT2D eigenvalue weighted by molar-refractivity contribution is 7.99. The van der Waals surface area contributed by atoms with Gasteiger partial charge in [0.2, 0.25) is 11.8 Å². The van der Waals surface area contributed by atoms with E-state index < -0.39 is 0 Å². The smallest absolute Gasteiger partial charge is 0.256 e. The summed E-state index contributed by atoms with van der Waals surface area (Å²) >= 11 is 1.21. The van der Waals surface area contributed by atoms with Crippen molar-refractivity contribution in [3.05, 3.63) is 66.0 Å². The molecular formula is C19H16FN3O3S. The van der Waals surface area contributed by atoms with Gasteiger partial charge in [0.15, 0.2) is 5.16 Å². The largest absolute Gasteiger partial charge is 0.481 e. The van der Waals surface area contributed by atoms with Crippen LogP contribution in [-0.2, 0) is 0 Å². The molecule has 3 rings (SSSR count). The van der Waals surface area contributed by atoms with Crippen molar-refractivity contribution in [2.24, 2.45) is 0 Å². The number of rotatable bonds is 6. The lowest BCUT2D eigenvalue weighted by atomic mass is 10.2. The fraction of sp³-hybridized carbons (Fsp3) is 0.105. The number of halogens is 1. The zero-order chi connectivity index (χ0) is 19.2. The van der Waals surface area contributed by atoms with Crippen LogP contribution in [-0.4, -0.2) is 30.1 Å². The van der Waals surface area contributed by atoms with E-state index in [0.29, 0.717) is 33.1 Å². The first-order valence-corrected chi connectivity index (χ1v) is 8.71. The number of carbonyl (C=O) groups is 1. The molecule has 0 aliphatic heterocycles. The van der Waals surface area contributed by atoms with Crippen LogP contribution in [0.2, 0.25) is 0 Å². The molecular weight excluding hydrogens is 369 g/mol. The average Bonchev–Trinajstić information content (AvgIpc) is 2.69. The molecule has 0 bridgehead atoms. The van der Waals surface area contributed by atoms with E-state index in [4.69, 9.17) is 9.47 Å². The van der Waals surface area contributed by atoms with Gasteiger partial charge in [0.1, 0.15) is 5.82 Å². The molecule has 0 saturated heterocycles. The fourth-order valence-corrected chi connectivity index (χ4v) is 3.10. The van der Waals surface area contributed by atoms with Gasteiger partial charge in [-0.1, -0.05) is 12.1 Å². The highest BCUT2D eigenvalue weighted by atomic mass is 32.2. The molecule has 0 unspecified atom stereocenters. The van der Waals surface area contributed by atoms with Crippen LogP contribution in [0.15, 0.2) is 64.6 Å². The van der Waals surface area contributed by atoms with Crippen molar-refractivity contribution in [1.82, 2.24) is 9.97 Å². The van der Waals surface area contributed by atoms with Crippen LogP contribution in [0.3, 0.4) is 0 Å². The van der Waals surface area contributed by atoms with E-state index in [1.165, 1.54) is 50.2 Å². The third kappa shape index (κ3) is 4.73. The Bertz CT molecular complexity index is 929. The summed E-state index contributed by atoms with van der Waals surface area (Å²) in [5.41, 5.74) is 0.942. The molecule has 0 atom stereocenters. The third-order valence-electron chi connectivity index (χ3n) is 3.51. The Morgan fingerprint density at radius 3 is 2.26 bits per heavy atom. The summed E-state index contributed by atoms with van der Waals surface area (Å²) in [5, 5.41) is 3.13. The van der Waals surface area contributed by atoms with E-state index in [-0.39, 0.29) is 11.7 Å². The minimum absolute atomic E-state index is 0.320.